The first-order valence-electron chi connectivity index (χ1n) is 12.4. The van der Waals surface area contributed by atoms with Crippen LogP contribution >= 0.6 is 36.0 Å². The van der Waals surface area contributed by atoms with E-state index in [1.165, 1.54) is 57.8 Å². The summed E-state index contributed by atoms with van der Waals surface area (Å²) < 4.78 is 0. The number of carbonyl (C=O) groups is 1. The lowest BCUT2D eigenvalue weighted by Crippen LogP contribution is -2.08. The Hall–Kier alpha value is -0.530. The summed E-state index contributed by atoms with van der Waals surface area (Å²) in [6, 6.07) is 0. The first-order valence-corrected chi connectivity index (χ1v) is 14.2. The highest BCUT2D eigenvalue weighted by Crippen LogP contribution is 2.31. The van der Waals surface area contributed by atoms with Crippen LogP contribution < -0.4 is 0 Å². The van der Waals surface area contributed by atoms with E-state index < -0.39 is 5.97 Å². The number of carboxylic acids is 1. The van der Waals surface area contributed by atoms with E-state index in [9.17, 15) is 4.79 Å². The number of hydrogen-bond acceptors (Lipinski definition) is 6. The van der Waals surface area contributed by atoms with Crippen LogP contribution in [0.5, 0.6) is 0 Å². The first-order chi connectivity index (χ1) is 15.5. The number of thiol groups is 1. The summed E-state index contributed by atoms with van der Waals surface area (Å²) in [7, 11) is 0. The average molecular weight is 504 g/mol. The van der Waals surface area contributed by atoms with Crippen molar-refractivity contribution in [3.8, 4) is 0 Å². The van der Waals surface area contributed by atoms with Crippen LogP contribution in [0.1, 0.15) is 128 Å². The molecule has 0 radical (unpaired) electrons. The predicted molar refractivity (Wildman–Crippen MR) is 139 cm³/mol. The van der Waals surface area contributed by atoms with E-state index in [1.54, 1.807) is 11.8 Å². The van der Waals surface area contributed by atoms with Crippen LogP contribution in [-0.4, -0.2) is 31.3 Å². The third-order valence-corrected chi connectivity index (χ3v) is 7.41. The van der Waals surface area contributed by atoms with Gasteiger partial charge in [0.1, 0.15) is 5.82 Å². The Morgan fingerprint density at radius 3 is 2.09 bits per heavy atom. The second-order valence-electron chi connectivity index (χ2n) is 8.55. The summed E-state index contributed by atoms with van der Waals surface area (Å²) in [6.07, 6.45) is 17.2. The average Bonchev–Trinajstić information content (AvgIpc) is 2.75. The fraction of sp³-hybridized carbons (Fsp3) is 0.833. The third kappa shape index (κ3) is 14.6. The van der Waals surface area contributed by atoms with Crippen molar-refractivity contribution in [1.82, 2.24) is 15.0 Å². The Morgan fingerprint density at radius 1 is 0.875 bits per heavy atom. The Labute approximate surface area is 209 Å². The monoisotopic (exact) mass is 503 g/mol. The van der Waals surface area contributed by atoms with Crippen molar-refractivity contribution in [3.05, 3.63) is 11.1 Å². The van der Waals surface area contributed by atoms with Crippen molar-refractivity contribution in [2.24, 2.45) is 0 Å². The Balaban J connectivity index is 2.67. The highest BCUT2D eigenvalue weighted by atomic mass is 35.5. The van der Waals surface area contributed by atoms with E-state index >= 15 is 0 Å². The number of aliphatic carboxylic acids is 1. The predicted octanol–water partition coefficient (Wildman–Crippen LogP) is 8.32. The van der Waals surface area contributed by atoms with Crippen molar-refractivity contribution in [2.75, 3.05) is 0 Å². The fourth-order valence-corrected chi connectivity index (χ4v) is 5.32. The topological polar surface area (TPSA) is 76.0 Å². The Kier molecular flexibility index (Phi) is 17.4. The van der Waals surface area contributed by atoms with Gasteiger partial charge in [-0.2, -0.15) is 17.6 Å². The van der Waals surface area contributed by atoms with Crippen LogP contribution in [-0.2, 0) is 4.79 Å². The quantitative estimate of drug-likeness (QED) is 0.106. The van der Waals surface area contributed by atoms with Gasteiger partial charge in [-0.25, -0.2) is 9.97 Å². The molecule has 5 nitrogen and oxygen atoms in total. The van der Waals surface area contributed by atoms with Crippen LogP contribution in [0.2, 0.25) is 5.28 Å². The van der Waals surface area contributed by atoms with Crippen LogP contribution in [0.3, 0.4) is 0 Å². The molecule has 2 atom stereocenters. The van der Waals surface area contributed by atoms with Gasteiger partial charge in [-0.15, -0.1) is 0 Å². The molecule has 8 heteroatoms. The summed E-state index contributed by atoms with van der Waals surface area (Å²) in [4.78, 5) is 24.2. The minimum atomic E-state index is -0.724. The molecule has 0 aliphatic rings. The summed E-state index contributed by atoms with van der Waals surface area (Å²) in [5.41, 5.74) is 0. The number of unbranched alkanes of at least 4 members (excludes halogenated alkanes) is 9. The lowest BCUT2D eigenvalue weighted by atomic mass is 10.0. The molecule has 1 aromatic rings. The van der Waals surface area contributed by atoms with Gasteiger partial charge in [0.15, 0.2) is 5.16 Å². The van der Waals surface area contributed by atoms with Crippen LogP contribution in [0.4, 0.5) is 0 Å². The first kappa shape index (κ1) is 29.5. The number of hydrogen-bond donors (Lipinski definition) is 2. The van der Waals surface area contributed by atoms with Crippen molar-refractivity contribution >= 4 is 42.0 Å². The van der Waals surface area contributed by atoms with Gasteiger partial charge in [-0.3, -0.25) is 4.79 Å². The van der Waals surface area contributed by atoms with Gasteiger partial charge in [0, 0.05) is 11.7 Å². The molecule has 2 unspecified atom stereocenters. The molecule has 1 aromatic heterocycles. The number of nitrogens with zero attached hydrogens (tertiary/aromatic N) is 3. The fourth-order valence-electron chi connectivity index (χ4n) is 3.65. The summed E-state index contributed by atoms with van der Waals surface area (Å²) in [5, 5.41) is 10.1. The zero-order valence-corrected chi connectivity index (χ0v) is 22.4. The molecule has 0 amide bonds. The number of halogens is 1. The number of thioether (sulfide) groups is 1. The van der Waals surface area contributed by atoms with Gasteiger partial charge < -0.3 is 5.11 Å². The van der Waals surface area contributed by atoms with Gasteiger partial charge in [-0.05, 0) is 37.3 Å². The minimum absolute atomic E-state index is 0.0284. The molecule has 0 bridgehead atoms. The summed E-state index contributed by atoms with van der Waals surface area (Å²) in [6.45, 7) is 4.44. The van der Waals surface area contributed by atoms with Crippen molar-refractivity contribution in [2.45, 2.75) is 132 Å². The van der Waals surface area contributed by atoms with E-state index in [4.69, 9.17) is 29.3 Å². The van der Waals surface area contributed by atoms with Gasteiger partial charge in [-0.1, -0.05) is 96.2 Å². The Morgan fingerprint density at radius 2 is 1.44 bits per heavy atom. The van der Waals surface area contributed by atoms with E-state index in [2.05, 4.69) is 28.8 Å². The van der Waals surface area contributed by atoms with Crippen molar-refractivity contribution in [1.29, 1.82) is 0 Å². The minimum Gasteiger partial charge on any atom is -0.481 e. The highest BCUT2D eigenvalue weighted by molar-refractivity contribution is 7.99. The molecule has 1 N–H and O–H groups in total. The normalized spacial score (nSPS) is 13.2. The van der Waals surface area contributed by atoms with Gasteiger partial charge >= 0.3 is 5.97 Å². The molecule has 1 heterocycles. The maximum Gasteiger partial charge on any atom is 0.303 e. The molecule has 0 spiro atoms. The van der Waals surface area contributed by atoms with Crippen LogP contribution in [0.25, 0.3) is 0 Å². The van der Waals surface area contributed by atoms with Crippen LogP contribution in [0.15, 0.2) is 5.16 Å². The zero-order chi connectivity index (χ0) is 23.6. The van der Waals surface area contributed by atoms with Crippen molar-refractivity contribution in [3.63, 3.8) is 0 Å². The van der Waals surface area contributed by atoms with E-state index in [1.807, 2.05) is 0 Å². The van der Waals surface area contributed by atoms with E-state index in [-0.39, 0.29) is 17.0 Å². The van der Waals surface area contributed by atoms with Crippen molar-refractivity contribution < 1.29 is 9.90 Å². The molecule has 0 fully saturated rings. The lowest BCUT2D eigenvalue weighted by Gasteiger charge is -2.17. The molecule has 0 aliphatic carbocycles. The maximum atomic E-state index is 10.8. The molecule has 0 aliphatic heterocycles. The summed E-state index contributed by atoms with van der Waals surface area (Å²) >= 11 is 12.6. The van der Waals surface area contributed by atoms with E-state index in [0.29, 0.717) is 22.7 Å². The maximum absolute atomic E-state index is 10.8. The SMILES string of the molecule is CCCCCCCCC(CCCCC(=O)O)Sc1nc(Cl)nc(C(S)CCCCCC)n1. The largest absolute Gasteiger partial charge is 0.481 e. The van der Waals surface area contributed by atoms with Crippen LogP contribution in [0, 0.1) is 0 Å². The zero-order valence-electron chi connectivity index (χ0n) is 19.9. The third-order valence-electron chi connectivity index (χ3n) is 5.55. The highest BCUT2D eigenvalue weighted by Gasteiger charge is 2.17. The molecule has 0 saturated heterocycles. The Bertz CT molecular complexity index is 637. The van der Waals surface area contributed by atoms with E-state index in [0.717, 1.165) is 32.1 Å². The molecular weight excluding hydrogens is 462 g/mol. The second kappa shape index (κ2) is 18.8. The van der Waals surface area contributed by atoms with Gasteiger partial charge in [0.25, 0.3) is 0 Å². The second-order valence-corrected chi connectivity index (χ2v) is 10.8. The van der Waals surface area contributed by atoms with Gasteiger partial charge in [0.2, 0.25) is 5.28 Å². The number of carboxylic acid groups (broad SMARTS) is 1. The smallest absolute Gasteiger partial charge is 0.303 e. The molecular formula is C24H42ClN3O2S2. The molecule has 0 saturated carbocycles. The van der Waals surface area contributed by atoms with Gasteiger partial charge in [0.05, 0.1) is 5.25 Å². The lowest BCUT2D eigenvalue weighted by molar-refractivity contribution is -0.137. The molecule has 32 heavy (non-hydrogen) atoms. The number of aromatic nitrogens is 3. The molecule has 184 valence electrons. The summed E-state index contributed by atoms with van der Waals surface area (Å²) in [5.74, 6) is -0.0608. The standard InChI is InChI=1S/C24H42ClN3O2S2/c1-3-5-7-9-10-11-15-19(16-13-14-18-21(29)30)32-24-27-22(26-23(25)28-24)20(31)17-12-8-6-4-2/h19-20,31H,3-18H2,1-2H3,(H,29,30). The molecule has 0 aromatic carbocycles. The number of rotatable bonds is 20. The molecule has 1 rings (SSSR count).